The Labute approximate surface area is 201 Å². The van der Waals surface area contributed by atoms with Crippen LogP contribution in [0, 0.1) is 23.7 Å². The van der Waals surface area contributed by atoms with Gasteiger partial charge in [0.05, 0.1) is 5.60 Å². The molecule has 1 N–H and O–H groups in total. The van der Waals surface area contributed by atoms with E-state index in [9.17, 15) is 5.11 Å². The predicted molar refractivity (Wildman–Crippen MR) is 135 cm³/mol. The Hall–Kier alpha value is -2.09. The van der Waals surface area contributed by atoms with Crippen LogP contribution >= 0.6 is 11.6 Å². The Bertz CT molecular complexity index is 1260. The van der Waals surface area contributed by atoms with Crippen molar-refractivity contribution in [3.05, 3.63) is 82.4 Å². The van der Waals surface area contributed by atoms with Crippen LogP contribution in [0.3, 0.4) is 0 Å². The first-order chi connectivity index (χ1) is 15.9. The van der Waals surface area contributed by atoms with Gasteiger partial charge in [-0.25, -0.2) is 0 Å². The predicted octanol–water partition coefficient (Wildman–Crippen LogP) is 7.96. The summed E-state index contributed by atoms with van der Waals surface area (Å²) in [6, 6.07) is 21.8. The quantitative estimate of drug-likeness (QED) is 0.416. The molecule has 168 valence electrons. The van der Waals surface area contributed by atoms with Gasteiger partial charge in [-0.05, 0) is 95.2 Å². The Balaban J connectivity index is 1.47. The second-order valence-corrected chi connectivity index (χ2v) is 12.1. The van der Waals surface area contributed by atoms with Crippen LogP contribution in [0.25, 0.3) is 22.3 Å². The lowest BCUT2D eigenvalue weighted by Gasteiger charge is -2.59. The highest BCUT2D eigenvalue weighted by Gasteiger charge is 2.58. The Kier molecular flexibility index (Phi) is 4.14. The number of hydrogen-bond donors (Lipinski definition) is 1. The molecule has 5 aliphatic rings. The van der Waals surface area contributed by atoms with Crippen molar-refractivity contribution in [2.45, 2.75) is 57.0 Å². The molecule has 4 fully saturated rings. The molecule has 3 aromatic carbocycles. The molecular formula is C31H31ClO. The number of halogens is 1. The van der Waals surface area contributed by atoms with E-state index >= 15 is 0 Å². The van der Waals surface area contributed by atoms with E-state index in [-0.39, 0.29) is 5.41 Å². The number of benzene rings is 3. The van der Waals surface area contributed by atoms with E-state index in [1.54, 1.807) is 0 Å². The average molecular weight is 455 g/mol. The van der Waals surface area contributed by atoms with Gasteiger partial charge in [-0.2, -0.15) is 0 Å². The van der Waals surface area contributed by atoms with E-state index in [0.717, 1.165) is 53.7 Å². The SMILES string of the molecule is CC1(C)c2ccccc2-c2cccc(-c3cccc(Cl)c3C3(O)C4CC5CC(C4)CC3C5)c21. The second-order valence-electron chi connectivity index (χ2n) is 11.7. The molecule has 0 atom stereocenters. The third kappa shape index (κ3) is 2.59. The molecular weight excluding hydrogens is 424 g/mol. The van der Waals surface area contributed by atoms with Crippen LogP contribution in [0.5, 0.6) is 0 Å². The fourth-order valence-corrected chi connectivity index (χ4v) is 8.86. The highest BCUT2D eigenvalue weighted by atomic mass is 35.5. The topological polar surface area (TPSA) is 20.2 Å². The fraction of sp³-hybridized carbons (Fsp3) is 0.419. The summed E-state index contributed by atoms with van der Waals surface area (Å²) in [7, 11) is 0. The minimum absolute atomic E-state index is 0.102. The van der Waals surface area contributed by atoms with Crippen LogP contribution in [-0.2, 0) is 11.0 Å². The number of rotatable bonds is 2. The zero-order chi connectivity index (χ0) is 22.5. The minimum atomic E-state index is -0.820. The van der Waals surface area contributed by atoms with Crippen molar-refractivity contribution in [1.82, 2.24) is 0 Å². The summed E-state index contributed by atoms with van der Waals surface area (Å²) in [6.07, 6.45) is 5.98. The molecule has 4 bridgehead atoms. The highest BCUT2D eigenvalue weighted by molar-refractivity contribution is 6.32. The smallest absolute Gasteiger partial charge is 0.0973 e. The molecule has 0 radical (unpaired) electrons. The highest BCUT2D eigenvalue weighted by Crippen LogP contribution is 2.64. The summed E-state index contributed by atoms with van der Waals surface area (Å²) < 4.78 is 0. The van der Waals surface area contributed by atoms with Crippen molar-refractivity contribution in [2.75, 3.05) is 0 Å². The zero-order valence-electron chi connectivity index (χ0n) is 19.4. The van der Waals surface area contributed by atoms with Gasteiger partial charge < -0.3 is 5.11 Å². The van der Waals surface area contributed by atoms with Crippen LogP contribution < -0.4 is 0 Å². The van der Waals surface area contributed by atoms with Crippen molar-refractivity contribution in [1.29, 1.82) is 0 Å². The summed E-state index contributed by atoms with van der Waals surface area (Å²) in [5, 5.41) is 13.3. The van der Waals surface area contributed by atoms with Gasteiger partial charge in [-0.1, -0.05) is 80.0 Å². The molecule has 0 amide bonds. The van der Waals surface area contributed by atoms with Crippen molar-refractivity contribution in [3.63, 3.8) is 0 Å². The van der Waals surface area contributed by atoms with Gasteiger partial charge in [0.1, 0.15) is 0 Å². The van der Waals surface area contributed by atoms with E-state index in [0.29, 0.717) is 11.8 Å². The van der Waals surface area contributed by atoms with Gasteiger partial charge in [0.25, 0.3) is 0 Å². The second kappa shape index (κ2) is 6.74. The summed E-state index contributed by atoms with van der Waals surface area (Å²) in [6.45, 7) is 4.67. The first-order valence-electron chi connectivity index (χ1n) is 12.6. The molecule has 0 saturated heterocycles. The molecule has 8 rings (SSSR count). The summed E-state index contributed by atoms with van der Waals surface area (Å²) in [5.74, 6) is 2.25. The van der Waals surface area contributed by atoms with Crippen LogP contribution in [0.15, 0.2) is 60.7 Å². The van der Waals surface area contributed by atoms with Crippen LogP contribution in [0.2, 0.25) is 5.02 Å². The molecule has 33 heavy (non-hydrogen) atoms. The molecule has 0 unspecified atom stereocenters. The normalized spacial score (nSPS) is 32.6. The molecule has 3 aromatic rings. The lowest BCUT2D eigenvalue weighted by Crippen LogP contribution is -2.55. The molecule has 0 aliphatic heterocycles. The monoisotopic (exact) mass is 454 g/mol. The third-order valence-electron chi connectivity index (χ3n) is 9.67. The minimum Gasteiger partial charge on any atom is -0.385 e. The maximum Gasteiger partial charge on any atom is 0.0973 e. The molecule has 0 aromatic heterocycles. The zero-order valence-corrected chi connectivity index (χ0v) is 20.2. The van der Waals surface area contributed by atoms with Crippen molar-refractivity contribution in [2.24, 2.45) is 23.7 Å². The van der Waals surface area contributed by atoms with E-state index in [1.165, 1.54) is 34.2 Å². The van der Waals surface area contributed by atoms with Gasteiger partial charge in [0, 0.05) is 16.0 Å². The van der Waals surface area contributed by atoms with E-state index in [4.69, 9.17) is 11.6 Å². The van der Waals surface area contributed by atoms with Gasteiger partial charge in [-0.3, -0.25) is 0 Å². The van der Waals surface area contributed by atoms with Crippen LogP contribution in [0.4, 0.5) is 0 Å². The lowest BCUT2D eigenvalue weighted by atomic mass is 9.48. The maximum atomic E-state index is 12.6. The molecule has 4 saturated carbocycles. The van der Waals surface area contributed by atoms with Crippen LogP contribution in [-0.4, -0.2) is 5.11 Å². The molecule has 5 aliphatic carbocycles. The van der Waals surface area contributed by atoms with E-state index in [1.807, 2.05) is 6.07 Å². The first kappa shape index (κ1) is 20.3. The lowest BCUT2D eigenvalue weighted by molar-refractivity contribution is -0.179. The third-order valence-corrected chi connectivity index (χ3v) is 9.98. The molecule has 1 nitrogen and oxygen atoms in total. The van der Waals surface area contributed by atoms with E-state index in [2.05, 4.69) is 68.4 Å². The standard InChI is InChI=1S/C31H31ClO/c1-30(2)26-11-4-3-7-22(26)23-8-5-9-24(28(23)30)25-10-6-12-27(32)29(25)31(33)20-14-18-13-19(16-20)17-21(31)15-18/h3-12,18-21,33H,13-17H2,1-2H3. The Morgan fingerprint density at radius 1 is 0.667 bits per heavy atom. The number of hydrogen-bond acceptors (Lipinski definition) is 1. The van der Waals surface area contributed by atoms with Crippen molar-refractivity contribution in [3.8, 4) is 22.3 Å². The van der Waals surface area contributed by atoms with Gasteiger partial charge in [0.15, 0.2) is 0 Å². The van der Waals surface area contributed by atoms with Gasteiger partial charge >= 0.3 is 0 Å². The van der Waals surface area contributed by atoms with Crippen molar-refractivity contribution < 1.29 is 5.11 Å². The molecule has 0 spiro atoms. The number of fused-ring (bicyclic) bond motifs is 3. The molecule has 2 heteroatoms. The maximum absolute atomic E-state index is 12.6. The molecule has 0 heterocycles. The first-order valence-corrected chi connectivity index (χ1v) is 13.0. The van der Waals surface area contributed by atoms with Gasteiger partial charge in [-0.15, -0.1) is 0 Å². The average Bonchev–Trinajstić information content (AvgIpc) is 3.04. The summed E-state index contributed by atoms with van der Waals surface area (Å²) in [5.41, 5.74) is 7.83. The fourth-order valence-electron chi connectivity index (χ4n) is 8.54. The Morgan fingerprint density at radius 3 is 1.85 bits per heavy atom. The summed E-state index contributed by atoms with van der Waals surface area (Å²) >= 11 is 7.01. The van der Waals surface area contributed by atoms with Crippen LogP contribution in [0.1, 0.15) is 62.6 Å². The number of aliphatic hydroxyl groups is 1. The summed E-state index contributed by atoms with van der Waals surface area (Å²) in [4.78, 5) is 0. The van der Waals surface area contributed by atoms with Gasteiger partial charge in [0.2, 0.25) is 0 Å². The Morgan fingerprint density at radius 2 is 1.18 bits per heavy atom. The van der Waals surface area contributed by atoms with Crippen molar-refractivity contribution >= 4 is 11.6 Å². The van der Waals surface area contributed by atoms with E-state index < -0.39 is 5.60 Å². The largest absolute Gasteiger partial charge is 0.385 e.